The Hall–Kier alpha value is -2.32. The van der Waals surface area contributed by atoms with Crippen LogP contribution in [0.3, 0.4) is 0 Å². The van der Waals surface area contributed by atoms with Gasteiger partial charge >= 0.3 is 5.97 Å². The van der Waals surface area contributed by atoms with Crippen molar-refractivity contribution in [2.75, 3.05) is 6.54 Å². The van der Waals surface area contributed by atoms with Crippen LogP contribution in [0.15, 0.2) is 24.4 Å². The maximum absolute atomic E-state index is 13.9. The Morgan fingerprint density at radius 3 is 2.71 bits per heavy atom. The van der Waals surface area contributed by atoms with Gasteiger partial charge in [-0.15, -0.1) is 0 Å². The van der Waals surface area contributed by atoms with E-state index in [0.717, 1.165) is 16.5 Å². The van der Waals surface area contributed by atoms with Crippen molar-refractivity contribution in [1.29, 1.82) is 0 Å². The van der Waals surface area contributed by atoms with Gasteiger partial charge < -0.3 is 16.2 Å². The Bertz CT molecular complexity index is 761. The van der Waals surface area contributed by atoms with Crippen LogP contribution in [0, 0.1) is 5.82 Å². The first kappa shape index (κ1) is 18.0. The summed E-state index contributed by atoms with van der Waals surface area (Å²) in [4.78, 5) is 23.8. The summed E-state index contributed by atoms with van der Waals surface area (Å²) in [5.41, 5.74) is 6.78. The Kier molecular flexibility index (Phi) is 5.63. The molecule has 24 heavy (non-hydrogen) atoms. The molecule has 1 atom stereocenters. The molecule has 0 saturated carbocycles. The summed E-state index contributed by atoms with van der Waals surface area (Å²) >= 11 is 1.34. The summed E-state index contributed by atoms with van der Waals surface area (Å²) in [7, 11) is 0. The Balaban J connectivity index is 2.27. The Morgan fingerprint density at radius 2 is 2.08 bits per heavy atom. The monoisotopic (exact) mass is 351 g/mol. The van der Waals surface area contributed by atoms with Crippen LogP contribution >= 0.6 is 11.5 Å². The molecule has 1 amide bonds. The standard InChI is InChI=1S/C16H18FN3O3S/c1-8(2)14-12(6-20-24-14)9-3-10(5-11(17)4-9)15(21)19-7-13(18)16(22)23/h3-6,8,13H,7,18H2,1-2H3,(H,19,21)(H,22,23)/t13-/m1/s1. The number of carboxylic acids is 1. The minimum atomic E-state index is -1.22. The van der Waals surface area contributed by atoms with Crippen LogP contribution in [-0.2, 0) is 4.79 Å². The van der Waals surface area contributed by atoms with Crippen molar-refractivity contribution in [2.45, 2.75) is 25.8 Å². The zero-order valence-corrected chi connectivity index (χ0v) is 14.1. The van der Waals surface area contributed by atoms with Gasteiger partial charge in [0.25, 0.3) is 5.91 Å². The van der Waals surface area contributed by atoms with E-state index in [1.165, 1.54) is 17.6 Å². The lowest BCUT2D eigenvalue weighted by molar-refractivity contribution is -0.138. The van der Waals surface area contributed by atoms with Gasteiger partial charge in [-0.05, 0) is 41.2 Å². The third kappa shape index (κ3) is 4.15. The summed E-state index contributed by atoms with van der Waals surface area (Å²) < 4.78 is 18.1. The highest BCUT2D eigenvalue weighted by Crippen LogP contribution is 2.32. The predicted octanol–water partition coefficient (Wildman–Crippen LogP) is 2.21. The van der Waals surface area contributed by atoms with Gasteiger partial charge in [-0.1, -0.05) is 13.8 Å². The first-order valence-electron chi connectivity index (χ1n) is 7.31. The normalized spacial score (nSPS) is 12.2. The van der Waals surface area contributed by atoms with Crippen LogP contribution in [0.4, 0.5) is 4.39 Å². The van der Waals surface area contributed by atoms with Crippen molar-refractivity contribution in [3.8, 4) is 11.1 Å². The molecule has 0 radical (unpaired) electrons. The van der Waals surface area contributed by atoms with Crippen molar-refractivity contribution < 1.29 is 19.1 Å². The molecule has 1 heterocycles. The summed E-state index contributed by atoms with van der Waals surface area (Å²) in [6.45, 7) is 3.78. The Morgan fingerprint density at radius 1 is 1.38 bits per heavy atom. The SMILES string of the molecule is CC(C)c1sncc1-c1cc(F)cc(C(=O)NC[C@@H](N)C(=O)O)c1. The fourth-order valence-electron chi connectivity index (χ4n) is 2.15. The van der Waals surface area contributed by atoms with Gasteiger partial charge in [0.05, 0.1) is 0 Å². The first-order valence-corrected chi connectivity index (χ1v) is 8.09. The number of amides is 1. The number of aromatic nitrogens is 1. The molecule has 0 unspecified atom stereocenters. The van der Waals surface area contributed by atoms with Crippen LogP contribution in [0.5, 0.6) is 0 Å². The number of rotatable bonds is 6. The van der Waals surface area contributed by atoms with Gasteiger partial charge in [-0.25, -0.2) is 8.76 Å². The highest BCUT2D eigenvalue weighted by atomic mass is 32.1. The molecule has 0 aliphatic rings. The average Bonchev–Trinajstić information content (AvgIpc) is 3.01. The molecule has 0 fully saturated rings. The van der Waals surface area contributed by atoms with Gasteiger partial charge in [0.15, 0.2) is 0 Å². The number of nitrogens with two attached hydrogens (primary N) is 1. The van der Waals surface area contributed by atoms with E-state index >= 15 is 0 Å². The van der Waals surface area contributed by atoms with Gasteiger partial charge in [0.1, 0.15) is 11.9 Å². The van der Waals surface area contributed by atoms with Crippen molar-refractivity contribution >= 4 is 23.4 Å². The average molecular weight is 351 g/mol. The van der Waals surface area contributed by atoms with E-state index in [2.05, 4.69) is 9.69 Å². The van der Waals surface area contributed by atoms with E-state index < -0.39 is 23.7 Å². The molecule has 1 aromatic carbocycles. The molecule has 6 nitrogen and oxygen atoms in total. The number of nitrogens with one attached hydrogen (secondary N) is 1. The molecular weight excluding hydrogens is 333 g/mol. The first-order chi connectivity index (χ1) is 11.3. The minimum absolute atomic E-state index is 0.100. The maximum atomic E-state index is 13.9. The second kappa shape index (κ2) is 7.50. The van der Waals surface area contributed by atoms with E-state index in [-0.39, 0.29) is 18.0 Å². The number of halogens is 1. The van der Waals surface area contributed by atoms with E-state index in [4.69, 9.17) is 10.8 Å². The third-order valence-corrected chi connectivity index (χ3v) is 4.49. The number of hydrogen-bond donors (Lipinski definition) is 3. The number of hydrogen-bond acceptors (Lipinski definition) is 5. The molecular formula is C16H18FN3O3S. The third-order valence-electron chi connectivity index (χ3n) is 3.39. The largest absolute Gasteiger partial charge is 0.480 e. The zero-order valence-electron chi connectivity index (χ0n) is 13.2. The van der Waals surface area contributed by atoms with Crippen molar-refractivity contribution in [1.82, 2.24) is 9.69 Å². The number of carboxylic acid groups (broad SMARTS) is 1. The van der Waals surface area contributed by atoms with Gasteiger partial charge in [0, 0.05) is 28.7 Å². The van der Waals surface area contributed by atoms with E-state index in [0.29, 0.717) is 5.56 Å². The topological polar surface area (TPSA) is 105 Å². The number of nitrogens with zero attached hydrogens (tertiary/aromatic N) is 1. The molecule has 2 aromatic rings. The second-order valence-corrected chi connectivity index (χ2v) is 6.47. The number of carbonyl (C=O) groups excluding carboxylic acids is 1. The highest BCUT2D eigenvalue weighted by molar-refractivity contribution is 7.06. The summed E-state index contributed by atoms with van der Waals surface area (Å²) in [6, 6.07) is 2.78. The lowest BCUT2D eigenvalue weighted by Gasteiger charge is -2.11. The maximum Gasteiger partial charge on any atom is 0.322 e. The van der Waals surface area contributed by atoms with E-state index in [9.17, 15) is 14.0 Å². The molecule has 128 valence electrons. The second-order valence-electron chi connectivity index (χ2n) is 5.64. The van der Waals surface area contributed by atoms with Crippen LogP contribution in [0.25, 0.3) is 11.1 Å². The molecule has 0 aliphatic carbocycles. The van der Waals surface area contributed by atoms with Crippen LogP contribution in [0.2, 0.25) is 0 Å². The van der Waals surface area contributed by atoms with Crippen molar-refractivity contribution in [3.05, 3.63) is 40.7 Å². The van der Waals surface area contributed by atoms with Crippen molar-refractivity contribution in [3.63, 3.8) is 0 Å². The van der Waals surface area contributed by atoms with Crippen molar-refractivity contribution in [2.24, 2.45) is 5.73 Å². The fraction of sp³-hybridized carbons (Fsp3) is 0.312. The Labute approximate surface area is 142 Å². The van der Waals surface area contributed by atoms with Gasteiger partial charge in [-0.2, -0.15) is 0 Å². The van der Waals surface area contributed by atoms with E-state index in [1.54, 1.807) is 12.3 Å². The van der Waals surface area contributed by atoms with Crippen LogP contribution in [-0.4, -0.2) is 33.9 Å². The summed E-state index contributed by atoms with van der Waals surface area (Å²) in [5, 5.41) is 11.1. The summed E-state index contributed by atoms with van der Waals surface area (Å²) in [6.07, 6.45) is 1.65. The number of aliphatic carboxylic acids is 1. The fourth-order valence-corrected chi connectivity index (χ4v) is 2.90. The zero-order chi connectivity index (χ0) is 17.9. The predicted molar refractivity (Wildman–Crippen MR) is 89.5 cm³/mol. The summed E-state index contributed by atoms with van der Waals surface area (Å²) in [5.74, 6) is -2.13. The lowest BCUT2D eigenvalue weighted by atomic mass is 10.00. The number of benzene rings is 1. The minimum Gasteiger partial charge on any atom is -0.480 e. The molecule has 0 saturated heterocycles. The van der Waals surface area contributed by atoms with Crippen LogP contribution < -0.4 is 11.1 Å². The molecule has 1 aromatic heterocycles. The molecule has 0 bridgehead atoms. The van der Waals surface area contributed by atoms with Crippen LogP contribution in [0.1, 0.15) is 35.0 Å². The molecule has 4 N–H and O–H groups in total. The quantitative estimate of drug-likeness (QED) is 0.740. The number of carbonyl (C=O) groups is 2. The molecule has 0 aliphatic heterocycles. The highest BCUT2D eigenvalue weighted by Gasteiger charge is 2.17. The van der Waals surface area contributed by atoms with E-state index in [1.807, 2.05) is 13.8 Å². The van der Waals surface area contributed by atoms with Gasteiger partial charge in [-0.3, -0.25) is 9.59 Å². The molecule has 0 spiro atoms. The smallest absolute Gasteiger partial charge is 0.322 e. The molecule has 2 rings (SSSR count). The lowest BCUT2D eigenvalue weighted by Crippen LogP contribution is -2.42. The molecule has 8 heteroatoms. The van der Waals surface area contributed by atoms with Gasteiger partial charge in [0.2, 0.25) is 0 Å².